The molecule has 8 nitrogen and oxygen atoms in total. The van der Waals surface area contributed by atoms with Crippen molar-refractivity contribution >= 4 is 16.8 Å². The highest BCUT2D eigenvalue weighted by Gasteiger charge is 2.10. The number of ether oxygens (including phenoxy) is 2. The van der Waals surface area contributed by atoms with Gasteiger partial charge < -0.3 is 14.8 Å². The van der Waals surface area contributed by atoms with E-state index in [0.29, 0.717) is 35.6 Å². The minimum absolute atomic E-state index is 0.102. The highest BCUT2D eigenvalue weighted by Crippen LogP contribution is 2.28. The number of amides is 1. The Labute approximate surface area is 179 Å². The van der Waals surface area contributed by atoms with Crippen LogP contribution in [0.3, 0.4) is 0 Å². The summed E-state index contributed by atoms with van der Waals surface area (Å²) < 4.78 is 12.5. The van der Waals surface area contributed by atoms with Gasteiger partial charge in [0, 0.05) is 19.5 Å². The topological polar surface area (TPSA) is 102 Å². The second-order valence-electron chi connectivity index (χ2n) is 7.14. The Balaban J connectivity index is 1.61. The van der Waals surface area contributed by atoms with Crippen LogP contribution >= 0.6 is 0 Å². The Morgan fingerprint density at radius 2 is 1.94 bits per heavy atom. The second-order valence-corrected chi connectivity index (χ2v) is 7.14. The molecular weight excluding hydrogens is 398 g/mol. The normalized spacial score (nSPS) is 10.8. The van der Waals surface area contributed by atoms with E-state index in [0.717, 1.165) is 18.4 Å². The minimum atomic E-state index is -0.528. The summed E-state index contributed by atoms with van der Waals surface area (Å²) in [5, 5.41) is 3.26. The van der Waals surface area contributed by atoms with Crippen LogP contribution in [-0.4, -0.2) is 29.2 Å². The van der Waals surface area contributed by atoms with E-state index in [1.807, 2.05) is 18.2 Å². The van der Waals surface area contributed by atoms with E-state index in [4.69, 9.17) is 9.47 Å². The molecule has 0 saturated carbocycles. The number of methoxy groups -OCH3 is 1. The van der Waals surface area contributed by atoms with Crippen LogP contribution in [0.2, 0.25) is 0 Å². The number of hydrogen-bond acceptors (Lipinski definition) is 5. The number of aromatic amines is 1. The van der Waals surface area contributed by atoms with Gasteiger partial charge in [-0.25, -0.2) is 4.79 Å². The van der Waals surface area contributed by atoms with Crippen molar-refractivity contribution in [3.63, 3.8) is 0 Å². The van der Waals surface area contributed by atoms with Gasteiger partial charge in [-0.3, -0.25) is 19.1 Å². The molecule has 0 aliphatic rings. The molecule has 0 aliphatic heterocycles. The second kappa shape index (κ2) is 10.5. The molecule has 164 valence electrons. The Bertz CT molecular complexity index is 1170. The molecule has 0 spiro atoms. The Kier molecular flexibility index (Phi) is 7.48. The quantitative estimate of drug-likeness (QED) is 0.486. The monoisotopic (exact) mass is 425 g/mol. The minimum Gasteiger partial charge on any atom is -0.493 e. The lowest BCUT2D eigenvalue weighted by Crippen LogP contribution is -2.32. The van der Waals surface area contributed by atoms with E-state index in [1.165, 1.54) is 4.57 Å². The summed E-state index contributed by atoms with van der Waals surface area (Å²) in [6, 6.07) is 12.4. The van der Waals surface area contributed by atoms with Crippen molar-refractivity contribution in [3.05, 3.63) is 68.9 Å². The molecule has 2 aromatic carbocycles. The maximum atomic E-state index is 12.3. The summed E-state index contributed by atoms with van der Waals surface area (Å²) in [6.07, 6.45) is 2.12. The maximum absolute atomic E-state index is 12.3. The summed E-state index contributed by atoms with van der Waals surface area (Å²) in [5.41, 5.74) is 0.421. The molecule has 0 radical (unpaired) electrons. The first kappa shape index (κ1) is 22.1. The number of rotatable bonds is 10. The van der Waals surface area contributed by atoms with Gasteiger partial charge in [0.25, 0.3) is 5.56 Å². The Morgan fingerprint density at radius 1 is 1.13 bits per heavy atom. The molecule has 0 atom stereocenters. The smallest absolute Gasteiger partial charge is 0.328 e. The molecule has 3 aromatic rings. The average molecular weight is 425 g/mol. The molecular formula is C23H27N3O5. The molecule has 0 fully saturated rings. The molecule has 1 heterocycles. The zero-order valence-corrected chi connectivity index (χ0v) is 17.8. The van der Waals surface area contributed by atoms with Gasteiger partial charge in [0.15, 0.2) is 11.5 Å². The molecule has 31 heavy (non-hydrogen) atoms. The third-order valence-electron chi connectivity index (χ3n) is 4.94. The number of hydrogen-bond donors (Lipinski definition) is 2. The number of aromatic nitrogens is 2. The lowest BCUT2D eigenvalue weighted by molar-refractivity contribution is -0.121. The van der Waals surface area contributed by atoms with Gasteiger partial charge in [-0.2, -0.15) is 0 Å². The van der Waals surface area contributed by atoms with Crippen molar-refractivity contribution < 1.29 is 14.3 Å². The maximum Gasteiger partial charge on any atom is 0.328 e. The van der Waals surface area contributed by atoms with Crippen LogP contribution in [0.1, 0.15) is 31.7 Å². The first-order chi connectivity index (χ1) is 15.0. The summed E-state index contributed by atoms with van der Waals surface area (Å²) in [4.78, 5) is 38.8. The first-order valence-electron chi connectivity index (χ1n) is 10.3. The highest BCUT2D eigenvalue weighted by molar-refractivity contribution is 5.78. The van der Waals surface area contributed by atoms with Crippen LogP contribution in [0.4, 0.5) is 0 Å². The number of benzene rings is 2. The highest BCUT2D eigenvalue weighted by atomic mass is 16.5. The average Bonchev–Trinajstić information content (AvgIpc) is 2.78. The van der Waals surface area contributed by atoms with Crippen LogP contribution in [0.5, 0.6) is 11.5 Å². The molecule has 0 aliphatic carbocycles. The zero-order valence-electron chi connectivity index (χ0n) is 17.8. The fraction of sp³-hybridized carbons (Fsp3) is 0.348. The van der Waals surface area contributed by atoms with Crippen LogP contribution in [0, 0.1) is 0 Å². The van der Waals surface area contributed by atoms with E-state index in [-0.39, 0.29) is 18.9 Å². The third-order valence-corrected chi connectivity index (χ3v) is 4.94. The third kappa shape index (κ3) is 5.53. The number of carbonyl (C=O) groups is 1. The fourth-order valence-electron chi connectivity index (χ4n) is 3.23. The van der Waals surface area contributed by atoms with Gasteiger partial charge in [0.1, 0.15) is 0 Å². The first-order valence-corrected chi connectivity index (χ1v) is 10.3. The number of fused-ring (bicyclic) bond motifs is 1. The van der Waals surface area contributed by atoms with Crippen LogP contribution in [0.15, 0.2) is 52.1 Å². The standard InChI is InChI=1S/C23H27N3O5/c1-3-4-13-31-19-10-9-16(14-20(19)30-2)15-24-21(27)11-12-26-18-8-6-5-7-17(18)22(28)25-23(26)29/h5-10,14H,3-4,11-13,15H2,1-2H3,(H,24,27)(H,25,28,29). The van der Waals surface area contributed by atoms with Crippen molar-refractivity contribution in [3.8, 4) is 11.5 Å². The van der Waals surface area contributed by atoms with Gasteiger partial charge in [-0.15, -0.1) is 0 Å². The molecule has 0 saturated heterocycles. The molecule has 2 N–H and O–H groups in total. The van der Waals surface area contributed by atoms with Crippen molar-refractivity contribution in [1.82, 2.24) is 14.9 Å². The Hall–Kier alpha value is -3.55. The van der Waals surface area contributed by atoms with Crippen molar-refractivity contribution in [2.75, 3.05) is 13.7 Å². The van der Waals surface area contributed by atoms with Gasteiger partial charge in [0.2, 0.25) is 5.91 Å². The van der Waals surface area contributed by atoms with Gasteiger partial charge in [-0.1, -0.05) is 31.5 Å². The fourth-order valence-corrected chi connectivity index (χ4v) is 3.23. The molecule has 0 bridgehead atoms. The van der Waals surface area contributed by atoms with Crippen LogP contribution in [-0.2, 0) is 17.9 Å². The Morgan fingerprint density at radius 3 is 2.71 bits per heavy atom. The number of aryl methyl sites for hydroxylation is 1. The molecule has 1 aromatic heterocycles. The summed E-state index contributed by atoms with van der Waals surface area (Å²) in [5.74, 6) is 1.09. The number of nitrogens with zero attached hydrogens (tertiary/aromatic N) is 1. The molecule has 1 amide bonds. The van der Waals surface area contributed by atoms with E-state index < -0.39 is 11.2 Å². The number of carbonyl (C=O) groups excluding carboxylic acids is 1. The summed E-state index contributed by atoms with van der Waals surface area (Å²) in [6.45, 7) is 3.21. The predicted octanol–water partition coefficient (Wildman–Crippen LogP) is 2.58. The molecule has 3 rings (SSSR count). The number of nitrogens with one attached hydrogen (secondary N) is 2. The summed E-state index contributed by atoms with van der Waals surface area (Å²) >= 11 is 0. The van der Waals surface area contributed by atoms with E-state index in [9.17, 15) is 14.4 Å². The van der Waals surface area contributed by atoms with E-state index in [2.05, 4.69) is 17.2 Å². The van der Waals surface area contributed by atoms with Crippen molar-refractivity contribution in [2.24, 2.45) is 0 Å². The van der Waals surface area contributed by atoms with Gasteiger partial charge >= 0.3 is 5.69 Å². The van der Waals surface area contributed by atoms with E-state index >= 15 is 0 Å². The van der Waals surface area contributed by atoms with Crippen molar-refractivity contribution in [2.45, 2.75) is 39.3 Å². The largest absolute Gasteiger partial charge is 0.493 e. The molecule has 0 unspecified atom stereocenters. The SMILES string of the molecule is CCCCOc1ccc(CNC(=O)CCn2c(=O)[nH]c(=O)c3ccccc32)cc1OC. The lowest BCUT2D eigenvalue weighted by atomic mass is 10.2. The predicted molar refractivity (Wildman–Crippen MR) is 119 cm³/mol. The number of unbranched alkanes of at least 4 members (excludes halogenated alkanes) is 1. The van der Waals surface area contributed by atoms with Crippen molar-refractivity contribution in [1.29, 1.82) is 0 Å². The zero-order chi connectivity index (χ0) is 22.2. The van der Waals surface area contributed by atoms with Crippen LogP contribution in [0.25, 0.3) is 10.9 Å². The van der Waals surface area contributed by atoms with Gasteiger partial charge in [0.05, 0.1) is 24.6 Å². The van der Waals surface area contributed by atoms with Gasteiger partial charge in [-0.05, 0) is 36.2 Å². The number of H-pyrrole nitrogens is 1. The number of para-hydroxylation sites is 1. The summed E-state index contributed by atoms with van der Waals surface area (Å²) in [7, 11) is 1.58. The molecule has 8 heteroatoms. The lowest BCUT2D eigenvalue weighted by Gasteiger charge is -2.13. The van der Waals surface area contributed by atoms with E-state index in [1.54, 1.807) is 31.4 Å². The van der Waals surface area contributed by atoms with Crippen LogP contribution < -0.4 is 26.0 Å².